The molecule has 0 saturated carbocycles. The fourth-order valence-corrected chi connectivity index (χ4v) is 12.6. The molecule has 0 saturated heterocycles. The molecule has 2 rings (SSSR count). The second-order valence-corrected chi connectivity index (χ2v) is 14.0. The Balaban J connectivity index is 2.84. The van der Waals surface area contributed by atoms with Gasteiger partial charge in [0.05, 0.1) is 0 Å². The van der Waals surface area contributed by atoms with Crippen LogP contribution in [0.2, 0.25) is 16.6 Å². The molecule has 1 aliphatic carbocycles. The highest BCUT2D eigenvalue weighted by Crippen LogP contribution is 2.53. The van der Waals surface area contributed by atoms with E-state index in [2.05, 4.69) is 87.4 Å². The van der Waals surface area contributed by atoms with Gasteiger partial charge in [-0.25, -0.2) is 0 Å². The monoisotopic (exact) mass is 340 g/mol. The fourth-order valence-electron chi connectivity index (χ4n) is 5.46. The Morgan fingerprint density at radius 2 is 1.04 bits per heavy atom. The van der Waals surface area contributed by atoms with E-state index in [1.165, 1.54) is 11.1 Å². The molecule has 0 spiro atoms. The molecular formula is C23H36Si. The minimum atomic E-state index is -1.78. The fraction of sp³-hybridized carbons (Fsp3) is 0.565. The first kappa shape index (κ1) is 19.2. The van der Waals surface area contributed by atoms with Gasteiger partial charge in [-0.15, -0.1) is 0 Å². The van der Waals surface area contributed by atoms with Crippen LogP contribution in [0, 0.1) is 13.8 Å². The molecule has 0 aromatic heterocycles. The van der Waals surface area contributed by atoms with Gasteiger partial charge in [0.15, 0.2) is 0 Å². The van der Waals surface area contributed by atoms with Gasteiger partial charge in [-0.3, -0.25) is 0 Å². The molecule has 24 heavy (non-hydrogen) atoms. The van der Waals surface area contributed by atoms with Gasteiger partial charge in [0.25, 0.3) is 0 Å². The molecule has 0 heterocycles. The standard InChI is InChI=1S/C23H36Si/c1-14(2)24(15(3)4,22-12-16(5)11-17(6)13-22)23-20(9)18(7)19(8)21(23)10/h11-15,23H,1-10H3. The maximum absolute atomic E-state index is 2.50. The van der Waals surface area contributed by atoms with Crippen LogP contribution in [0.15, 0.2) is 40.5 Å². The zero-order chi connectivity index (χ0) is 18.4. The van der Waals surface area contributed by atoms with Gasteiger partial charge in [0.1, 0.15) is 8.07 Å². The molecule has 0 nitrogen and oxygen atoms in total. The van der Waals surface area contributed by atoms with Gasteiger partial charge in [-0.05, 0) is 63.8 Å². The molecule has 0 aliphatic heterocycles. The number of benzene rings is 1. The molecule has 132 valence electrons. The number of aryl methyl sites for hydroxylation is 2. The van der Waals surface area contributed by atoms with Crippen molar-refractivity contribution in [2.75, 3.05) is 0 Å². The molecule has 0 N–H and O–H groups in total. The van der Waals surface area contributed by atoms with Crippen molar-refractivity contribution in [1.29, 1.82) is 0 Å². The second kappa shape index (κ2) is 6.67. The lowest BCUT2D eigenvalue weighted by Crippen LogP contribution is -2.57. The first-order valence-corrected chi connectivity index (χ1v) is 11.7. The highest BCUT2D eigenvalue weighted by Gasteiger charge is 2.51. The molecule has 1 aromatic carbocycles. The van der Waals surface area contributed by atoms with E-state index in [9.17, 15) is 0 Å². The highest BCUT2D eigenvalue weighted by molar-refractivity contribution is 6.96. The topological polar surface area (TPSA) is 0 Å². The summed E-state index contributed by atoms with van der Waals surface area (Å²) in [5.74, 6) is 0. The molecule has 1 aromatic rings. The second-order valence-electron chi connectivity index (χ2n) is 8.67. The minimum absolute atomic E-state index is 0.652. The van der Waals surface area contributed by atoms with Crippen LogP contribution in [-0.4, -0.2) is 8.07 Å². The van der Waals surface area contributed by atoms with E-state index in [0.29, 0.717) is 16.6 Å². The third kappa shape index (κ3) is 2.75. The zero-order valence-corrected chi connectivity index (χ0v) is 18.5. The lowest BCUT2D eigenvalue weighted by atomic mass is 10.1. The van der Waals surface area contributed by atoms with Crippen molar-refractivity contribution in [1.82, 2.24) is 0 Å². The van der Waals surface area contributed by atoms with E-state index < -0.39 is 8.07 Å². The van der Waals surface area contributed by atoms with Crippen molar-refractivity contribution in [3.8, 4) is 0 Å². The zero-order valence-electron chi connectivity index (χ0n) is 17.5. The van der Waals surface area contributed by atoms with Crippen LogP contribution in [0.4, 0.5) is 0 Å². The van der Waals surface area contributed by atoms with Gasteiger partial charge < -0.3 is 0 Å². The van der Waals surface area contributed by atoms with Gasteiger partial charge in [-0.1, -0.05) is 73.4 Å². The molecule has 0 atom stereocenters. The van der Waals surface area contributed by atoms with Crippen molar-refractivity contribution < 1.29 is 0 Å². The molecule has 0 fully saturated rings. The minimum Gasteiger partial charge on any atom is -0.0653 e. The summed E-state index contributed by atoms with van der Waals surface area (Å²) in [7, 11) is -1.78. The van der Waals surface area contributed by atoms with Gasteiger partial charge in [0.2, 0.25) is 0 Å². The average molecular weight is 341 g/mol. The van der Waals surface area contributed by atoms with Crippen LogP contribution in [0.1, 0.15) is 66.5 Å². The van der Waals surface area contributed by atoms with Crippen LogP contribution in [0.3, 0.4) is 0 Å². The summed E-state index contributed by atoms with van der Waals surface area (Å²) in [6.45, 7) is 23.9. The predicted molar refractivity (Wildman–Crippen MR) is 112 cm³/mol. The van der Waals surface area contributed by atoms with Gasteiger partial charge in [0, 0.05) is 5.54 Å². The number of hydrogen-bond acceptors (Lipinski definition) is 0. The Bertz CT molecular complexity index is 648. The summed E-state index contributed by atoms with van der Waals surface area (Å²) in [5, 5.41) is 1.66. The maximum atomic E-state index is 2.50. The Labute approximate surface area is 151 Å². The van der Waals surface area contributed by atoms with Gasteiger partial charge >= 0.3 is 0 Å². The predicted octanol–water partition coefficient (Wildman–Crippen LogP) is 6.84. The smallest absolute Gasteiger partial charge is 0.0653 e. The summed E-state index contributed by atoms with van der Waals surface area (Å²) < 4.78 is 0. The Morgan fingerprint density at radius 1 is 0.667 bits per heavy atom. The van der Waals surface area contributed by atoms with E-state index in [-0.39, 0.29) is 0 Å². The van der Waals surface area contributed by atoms with E-state index in [4.69, 9.17) is 0 Å². The van der Waals surface area contributed by atoms with Crippen LogP contribution >= 0.6 is 0 Å². The summed E-state index contributed by atoms with van der Waals surface area (Å²) in [6.07, 6.45) is 0. The third-order valence-corrected chi connectivity index (χ3v) is 13.7. The van der Waals surface area contributed by atoms with E-state index in [0.717, 1.165) is 0 Å². The van der Waals surface area contributed by atoms with Crippen molar-refractivity contribution in [2.24, 2.45) is 0 Å². The first-order chi connectivity index (χ1) is 11.0. The highest BCUT2D eigenvalue weighted by atomic mass is 28.3. The van der Waals surface area contributed by atoms with Crippen LogP contribution in [0.25, 0.3) is 0 Å². The number of rotatable bonds is 4. The van der Waals surface area contributed by atoms with E-state index >= 15 is 0 Å². The van der Waals surface area contributed by atoms with Crippen molar-refractivity contribution in [3.63, 3.8) is 0 Å². The first-order valence-electron chi connectivity index (χ1n) is 9.48. The van der Waals surface area contributed by atoms with E-state index in [1.54, 1.807) is 27.5 Å². The van der Waals surface area contributed by atoms with Crippen LogP contribution < -0.4 is 5.19 Å². The third-order valence-electron chi connectivity index (χ3n) is 6.72. The lowest BCUT2D eigenvalue weighted by Gasteiger charge is -2.46. The SMILES string of the molecule is CC1=C(C)C([Si](c2cc(C)cc(C)c2)(C(C)C)C(C)C)C(C)=C1C. The molecule has 0 bridgehead atoms. The Morgan fingerprint density at radius 3 is 1.38 bits per heavy atom. The quantitative estimate of drug-likeness (QED) is 0.527. The average Bonchev–Trinajstić information content (AvgIpc) is 2.64. The molecule has 0 radical (unpaired) electrons. The van der Waals surface area contributed by atoms with Crippen LogP contribution in [-0.2, 0) is 0 Å². The molecular weight excluding hydrogens is 304 g/mol. The summed E-state index contributed by atoms with van der Waals surface area (Å²) in [5.41, 5.74) is 11.3. The number of hydrogen-bond donors (Lipinski definition) is 0. The van der Waals surface area contributed by atoms with Crippen molar-refractivity contribution >= 4 is 13.3 Å². The summed E-state index contributed by atoms with van der Waals surface area (Å²) in [6, 6.07) is 7.32. The van der Waals surface area contributed by atoms with Crippen molar-refractivity contribution in [3.05, 3.63) is 51.6 Å². The maximum Gasteiger partial charge on any atom is 0.103 e. The summed E-state index contributed by atoms with van der Waals surface area (Å²) >= 11 is 0. The van der Waals surface area contributed by atoms with Crippen LogP contribution in [0.5, 0.6) is 0 Å². The lowest BCUT2D eigenvalue weighted by molar-refractivity contribution is 0.857. The molecule has 0 amide bonds. The molecule has 0 unspecified atom stereocenters. The summed E-state index contributed by atoms with van der Waals surface area (Å²) in [4.78, 5) is 0. The van der Waals surface area contributed by atoms with Gasteiger partial charge in [-0.2, -0.15) is 0 Å². The molecule has 1 aliphatic rings. The van der Waals surface area contributed by atoms with E-state index in [1.807, 2.05) is 0 Å². The largest absolute Gasteiger partial charge is 0.103 e. The molecule has 1 heteroatoms. The normalized spacial score (nSPS) is 17.0. The Hall–Kier alpha value is -1.08. The number of allylic oxidation sites excluding steroid dienone is 4. The van der Waals surface area contributed by atoms with Crippen molar-refractivity contribution in [2.45, 2.75) is 85.9 Å². The Kier molecular flexibility index (Phi) is 5.35.